The monoisotopic (exact) mass is 341 g/mol. The molecule has 0 rings (SSSR count). The minimum absolute atomic E-state index is 0.375. The van der Waals surface area contributed by atoms with Gasteiger partial charge < -0.3 is 15.9 Å². The number of nitrogens with two attached hydrogens (primary N) is 1. The number of carbonyl (C=O) groups is 1. The number of allylic oxidation sites excluding steroid dienone is 2. The molecule has 0 bridgehead atoms. The zero-order valence-electron chi connectivity index (χ0n) is 15.6. The van der Waals surface area contributed by atoms with Crippen molar-refractivity contribution >= 4 is 5.91 Å². The molecule has 0 aromatic rings. The van der Waals surface area contributed by atoms with Crippen LogP contribution in [0.4, 0.5) is 0 Å². The van der Waals surface area contributed by atoms with Crippen molar-refractivity contribution in [3.8, 4) is 0 Å². The van der Waals surface area contributed by atoms with Crippen molar-refractivity contribution in [3.63, 3.8) is 0 Å². The Morgan fingerprint density at radius 3 is 1.75 bits per heavy atom. The Bertz CT molecular complexity index is 325. The molecule has 0 aliphatic heterocycles. The van der Waals surface area contributed by atoms with Gasteiger partial charge in [0.1, 0.15) is 0 Å². The van der Waals surface area contributed by atoms with E-state index in [-0.39, 0.29) is 13.2 Å². The molecule has 0 aliphatic carbocycles. The summed E-state index contributed by atoms with van der Waals surface area (Å²) in [6.45, 7) is 1.50. The number of primary amides is 1. The zero-order valence-corrected chi connectivity index (χ0v) is 15.6. The van der Waals surface area contributed by atoms with Crippen LogP contribution in [0.15, 0.2) is 12.2 Å². The number of aliphatic hydroxyl groups excluding tert-OH is 2. The van der Waals surface area contributed by atoms with Gasteiger partial charge in [0, 0.05) is 0 Å². The molecule has 0 atom stereocenters. The van der Waals surface area contributed by atoms with Crippen LogP contribution in [0, 0.1) is 5.41 Å². The minimum Gasteiger partial charge on any atom is -0.395 e. The molecule has 0 saturated carbocycles. The number of unbranched alkanes of at least 4 members (excludes halogenated alkanes) is 10. The third-order valence-corrected chi connectivity index (χ3v) is 4.80. The molecule has 0 spiro atoms. The first kappa shape index (κ1) is 23.1. The molecule has 0 aromatic heterocycles. The van der Waals surface area contributed by atoms with Gasteiger partial charge in [-0.15, -0.1) is 0 Å². The normalized spacial score (nSPS) is 12.1. The standard InChI is InChI=1S/C20H39NO3/c1-2-3-4-5-6-7-8-9-10-11-12-13-14-15-16-20(17-22,18-23)19(21)24/h9-10,22-23H,2-8,11-18H2,1H3,(H2,21,24). The van der Waals surface area contributed by atoms with Crippen LogP contribution >= 0.6 is 0 Å². The first-order valence-corrected chi connectivity index (χ1v) is 9.79. The maximum atomic E-state index is 11.3. The van der Waals surface area contributed by atoms with Gasteiger partial charge in [0.2, 0.25) is 5.91 Å². The average Bonchev–Trinajstić information content (AvgIpc) is 2.58. The lowest BCUT2D eigenvalue weighted by molar-refractivity contribution is -0.133. The Kier molecular flexibility index (Phi) is 15.1. The molecule has 1 amide bonds. The molecule has 4 heteroatoms. The van der Waals surface area contributed by atoms with Crippen molar-refractivity contribution in [2.45, 2.75) is 90.4 Å². The molecule has 0 aromatic carbocycles. The summed E-state index contributed by atoms with van der Waals surface area (Å²) >= 11 is 0. The van der Waals surface area contributed by atoms with Gasteiger partial charge in [-0.1, -0.05) is 70.4 Å². The van der Waals surface area contributed by atoms with Crippen LogP contribution in [-0.4, -0.2) is 29.3 Å². The van der Waals surface area contributed by atoms with Crippen LogP contribution in [-0.2, 0) is 4.79 Å². The van der Waals surface area contributed by atoms with Gasteiger partial charge in [0.25, 0.3) is 0 Å². The van der Waals surface area contributed by atoms with E-state index in [0.29, 0.717) is 6.42 Å². The largest absolute Gasteiger partial charge is 0.395 e. The van der Waals surface area contributed by atoms with Crippen LogP contribution in [0.2, 0.25) is 0 Å². The highest BCUT2D eigenvalue weighted by Crippen LogP contribution is 2.24. The molecule has 0 radical (unpaired) electrons. The molecule has 0 aliphatic rings. The Morgan fingerprint density at radius 2 is 1.29 bits per heavy atom. The predicted molar refractivity (Wildman–Crippen MR) is 101 cm³/mol. The number of amides is 1. The summed E-state index contributed by atoms with van der Waals surface area (Å²) in [5.41, 5.74) is 4.14. The maximum Gasteiger partial charge on any atom is 0.228 e. The van der Waals surface area contributed by atoms with Crippen molar-refractivity contribution in [3.05, 3.63) is 12.2 Å². The maximum absolute atomic E-state index is 11.3. The molecule has 0 unspecified atom stereocenters. The summed E-state index contributed by atoms with van der Waals surface area (Å²) in [7, 11) is 0. The van der Waals surface area contributed by atoms with Crippen LogP contribution in [0.5, 0.6) is 0 Å². The molecule has 0 heterocycles. The summed E-state index contributed by atoms with van der Waals surface area (Å²) in [5.74, 6) is -0.606. The van der Waals surface area contributed by atoms with E-state index in [2.05, 4.69) is 19.1 Å². The first-order chi connectivity index (χ1) is 11.6. The highest BCUT2D eigenvalue weighted by molar-refractivity contribution is 5.81. The summed E-state index contributed by atoms with van der Waals surface area (Å²) in [6.07, 6.45) is 19.5. The van der Waals surface area contributed by atoms with Gasteiger partial charge in [-0.2, -0.15) is 0 Å². The zero-order chi connectivity index (χ0) is 18.1. The van der Waals surface area contributed by atoms with E-state index in [1.54, 1.807) is 0 Å². The summed E-state index contributed by atoms with van der Waals surface area (Å²) < 4.78 is 0. The van der Waals surface area contributed by atoms with Gasteiger partial charge in [-0.3, -0.25) is 4.79 Å². The molecule has 142 valence electrons. The second kappa shape index (κ2) is 15.6. The van der Waals surface area contributed by atoms with Crippen LogP contribution < -0.4 is 5.73 Å². The Balaban J connectivity index is 3.50. The molecule has 24 heavy (non-hydrogen) atoms. The smallest absolute Gasteiger partial charge is 0.228 e. The van der Waals surface area contributed by atoms with Crippen molar-refractivity contribution in [2.24, 2.45) is 11.1 Å². The van der Waals surface area contributed by atoms with Crippen molar-refractivity contribution in [1.29, 1.82) is 0 Å². The fraction of sp³-hybridized carbons (Fsp3) is 0.850. The number of carbonyl (C=O) groups excluding carboxylic acids is 1. The van der Waals surface area contributed by atoms with Crippen molar-refractivity contribution < 1.29 is 15.0 Å². The van der Waals surface area contributed by atoms with Crippen LogP contribution in [0.1, 0.15) is 90.4 Å². The van der Waals surface area contributed by atoms with Crippen LogP contribution in [0.25, 0.3) is 0 Å². The fourth-order valence-electron chi connectivity index (χ4n) is 2.84. The molecule has 4 nitrogen and oxygen atoms in total. The van der Waals surface area contributed by atoms with E-state index >= 15 is 0 Å². The van der Waals surface area contributed by atoms with Crippen LogP contribution in [0.3, 0.4) is 0 Å². The molecule has 4 N–H and O–H groups in total. The quantitative estimate of drug-likeness (QED) is 0.275. The van der Waals surface area contributed by atoms with E-state index in [1.807, 2.05) is 0 Å². The fourth-order valence-corrected chi connectivity index (χ4v) is 2.84. The van der Waals surface area contributed by atoms with E-state index in [4.69, 9.17) is 5.73 Å². The van der Waals surface area contributed by atoms with Gasteiger partial charge in [-0.05, 0) is 32.1 Å². The minimum atomic E-state index is -1.14. The van der Waals surface area contributed by atoms with E-state index in [1.165, 1.54) is 44.9 Å². The Hall–Kier alpha value is -0.870. The third kappa shape index (κ3) is 10.8. The molecule has 0 saturated heterocycles. The topological polar surface area (TPSA) is 83.6 Å². The van der Waals surface area contributed by atoms with Gasteiger partial charge in [-0.25, -0.2) is 0 Å². The second-order valence-electron chi connectivity index (χ2n) is 6.94. The third-order valence-electron chi connectivity index (χ3n) is 4.80. The molecule has 0 fully saturated rings. The second-order valence-corrected chi connectivity index (χ2v) is 6.94. The van der Waals surface area contributed by atoms with E-state index < -0.39 is 11.3 Å². The van der Waals surface area contributed by atoms with Crippen molar-refractivity contribution in [1.82, 2.24) is 0 Å². The summed E-state index contributed by atoms with van der Waals surface area (Å²) in [6, 6.07) is 0. The van der Waals surface area contributed by atoms with Gasteiger partial charge >= 0.3 is 0 Å². The lowest BCUT2D eigenvalue weighted by Gasteiger charge is -2.25. The highest BCUT2D eigenvalue weighted by atomic mass is 16.3. The van der Waals surface area contributed by atoms with Crippen molar-refractivity contribution in [2.75, 3.05) is 13.2 Å². The first-order valence-electron chi connectivity index (χ1n) is 9.79. The van der Waals surface area contributed by atoms with Gasteiger partial charge in [0.05, 0.1) is 18.6 Å². The predicted octanol–water partition coefficient (Wildman–Crippen LogP) is 4.09. The summed E-state index contributed by atoms with van der Waals surface area (Å²) in [4.78, 5) is 11.3. The Morgan fingerprint density at radius 1 is 0.833 bits per heavy atom. The molecular weight excluding hydrogens is 302 g/mol. The number of aliphatic hydroxyl groups is 2. The number of hydrogen-bond acceptors (Lipinski definition) is 3. The van der Waals surface area contributed by atoms with Gasteiger partial charge in [0.15, 0.2) is 0 Å². The number of hydrogen-bond donors (Lipinski definition) is 3. The van der Waals surface area contributed by atoms with E-state index in [9.17, 15) is 15.0 Å². The lowest BCUT2D eigenvalue weighted by atomic mass is 9.83. The Labute approximate surface area is 148 Å². The molecular formula is C20H39NO3. The van der Waals surface area contributed by atoms with E-state index in [0.717, 1.165) is 32.1 Å². The highest BCUT2D eigenvalue weighted by Gasteiger charge is 2.34. The average molecular weight is 342 g/mol. The summed E-state index contributed by atoms with van der Waals surface area (Å²) in [5, 5.41) is 18.6. The number of rotatable bonds is 17. The SMILES string of the molecule is CCCCCCCCC=CCCCCCCC(CO)(CO)C(N)=O. The lowest BCUT2D eigenvalue weighted by Crippen LogP contribution is -2.43.